The van der Waals surface area contributed by atoms with Gasteiger partial charge in [-0.1, -0.05) is 73.5 Å². The number of hydrogen-bond acceptors (Lipinski definition) is 2. The van der Waals surface area contributed by atoms with Crippen LogP contribution in [0.1, 0.15) is 49.1 Å². The summed E-state index contributed by atoms with van der Waals surface area (Å²) >= 11 is 5.55. The molecule has 3 nitrogen and oxygen atoms in total. The minimum atomic E-state index is 0.0948. The van der Waals surface area contributed by atoms with Gasteiger partial charge >= 0.3 is 0 Å². The summed E-state index contributed by atoms with van der Waals surface area (Å²) in [4.78, 5) is 14.9. The summed E-state index contributed by atoms with van der Waals surface area (Å²) in [6, 6.07) is 21.3. The van der Waals surface area contributed by atoms with E-state index in [1.807, 2.05) is 17.0 Å². The molecule has 2 aromatic rings. The van der Waals surface area contributed by atoms with Crippen LogP contribution in [-0.4, -0.2) is 28.5 Å². The Morgan fingerprint density at radius 2 is 1.56 bits per heavy atom. The Balaban J connectivity index is 1.52. The van der Waals surface area contributed by atoms with Crippen molar-refractivity contribution in [2.75, 3.05) is 6.54 Å². The highest BCUT2D eigenvalue weighted by Crippen LogP contribution is 2.32. The lowest BCUT2D eigenvalue weighted by atomic mass is 9.82. The molecule has 1 heterocycles. The maximum absolute atomic E-state index is 13.1. The summed E-state index contributed by atoms with van der Waals surface area (Å²) < 4.78 is 0. The molecule has 1 saturated heterocycles. The predicted octanol–water partition coefficient (Wildman–Crippen LogP) is 4.48. The first-order chi connectivity index (χ1) is 13.2. The number of hydrogen-bond donors (Lipinski definition) is 1. The van der Waals surface area contributed by atoms with E-state index in [-0.39, 0.29) is 23.8 Å². The molecule has 0 spiro atoms. The van der Waals surface area contributed by atoms with Crippen LogP contribution in [0.5, 0.6) is 0 Å². The lowest BCUT2D eigenvalue weighted by Gasteiger charge is -2.42. The van der Waals surface area contributed by atoms with Gasteiger partial charge in [-0.2, -0.15) is 0 Å². The molecule has 1 aliphatic carbocycles. The first-order valence-corrected chi connectivity index (χ1v) is 10.4. The fourth-order valence-electron chi connectivity index (χ4n) is 4.50. The van der Waals surface area contributed by atoms with Gasteiger partial charge < -0.3 is 5.32 Å². The van der Waals surface area contributed by atoms with Crippen molar-refractivity contribution in [2.24, 2.45) is 5.92 Å². The molecular formula is C23H26N2OS. The number of carbonyl (C=O) groups is 1. The molecule has 0 bridgehead atoms. The summed E-state index contributed by atoms with van der Waals surface area (Å²) in [6.45, 7) is 0.655. The Morgan fingerprint density at radius 1 is 0.963 bits per heavy atom. The van der Waals surface area contributed by atoms with Crippen LogP contribution < -0.4 is 5.32 Å². The summed E-state index contributed by atoms with van der Waals surface area (Å²) in [5.41, 5.74) is 2.56. The molecule has 4 heteroatoms. The average Bonchev–Trinajstić information content (AvgIpc) is 2.72. The van der Waals surface area contributed by atoms with Crippen molar-refractivity contribution in [3.05, 3.63) is 71.8 Å². The second-order valence-corrected chi connectivity index (χ2v) is 7.99. The molecule has 0 aromatic heterocycles. The molecule has 27 heavy (non-hydrogen) atoms. The second-order valence-electron chi connectivity index (χ2n) is 7.60. The zero-order valence-corrected chi connectivity index (χ0v) is 16.3. The van der Waals surface area contributed by atoms with E-state index in [1.165, 1.54) is 17.5 Å². The average molecular weight is 379 g/mol. The molecule has 2 atom stereocenters. The van der Waals surface area contributed by atoms with Crippen LogP contribution in [0.4, 0.5) is 0 Å². The van der Waals surface area contributed by atoms with E-state index in [9.17, 15) is 4.79 Å². The van der Waals surface area contributed by atoms with Gasteiger partial charge in [0.25, 0.3) is 0 Å². The van der Waals surface area contributed by atoms with Gasteiger partial charge in [-0.05, 0) is 42.6 Å². The molecular weight excluding hydrogens is 352 g/mol. The van der Waals surface area contributed by atoms with E-state index in [1.54, 1.807) is 0 Å². The number of rotatable bonds is 5. The van der Waals surface area contributed by atoms with Crippen molar-refractivity contribution in [1.82, 2.24) is 10.2 Å². The summed E-state index contributed by atoms with van der Waals surface area (Å²) in [5, 5.41) is 4.05. The van der Waals surface area contributed by atoms with Gasteiger partial charge in [-0.3, -0.25) is 9.69 Å². The van der Waals surface area contributed by atoms with Gasteiger partial charge in [0.15, 0.2) is 5.11 Å². The quantitative estimate of drug-likeness (QED) is 0.779. The van der Waals surface area contributed by atoms with Gasteiger partial charge in [0, 0.05) is 18.5 Å². The first kappa shape index (κ1) is 18.2. The molecule has 1 saturated carbocycles. The van der Waals surface area contributed by atoms with Gasteiger partial charge in [0.2, 0.25) is 5.91 Å². The third-order valence-corrected chi connectivity index (χ3v) is 6.29. The van der Waals surface area contributed by atoms with Crippen LogP contribution in [0, 0.1) is 5.92 Å². The van der Waals surface area contributed by atoms with E-state index < -0.39 is 0 Å². The monoisotopic (exact) mass is 378 g/mol. The summed E-state index contributed by atoms with van der Waals surface area (Å²) in [6.07, 6.45) is 5.23. The maximum Gasteiger partial charge on any atom is 0.233 e. The molecule has 1 aliphatic heterocycles. The molecule has 0 radical (unpaired) electrons. The second kappa shape index (κ2) is 8.22. The van der Waals surface area contributed by atoms with Crippen molar-refractivity contribution in [2.45, 2.75) is 44.1 Å². The fourth-order valence-corrected chi connectivity index (χ4v) is 4.84. The highest BCUT2D eigenvalue weighted by atomic mass is 32.1. The lowest BCUT2D eigenvalue weighted by molar-refractivity contribution is -0.135. The van der Waals surface area contributed by atoms with E-state index in [4.69, 9.17) is 12.2 Å². The molecule has 2 fully saturated rings. The van der Waals surface area contributed by atoms with Crippen LogP contribution >= 0.6 is 12.2 Å². The number of thiocarbonyl (C=S) groups is 1. The zero-order chi connectivity index (χ0) is 18.6. The van der Waals surface area contributed by atoms with Gasteiger partial charge in [0.05, 0.1) is 5.92 Å². The van der Waals surface area contributed by atoms with Crippen LogP contribution in [-0.2, 0) is 4.79 Å². The lowest BCUT2D eigenvalue weighted by Crippen LogP contribution is -2.60. The Labute approximate surface area is 166 Å². The largest absolute Gasteiger partial charge is 0.359 e. The standard InChI is InChI=1S/C23H26N2OS/c26-22-20-13-7-8-14-21(20)24-23(27)25(22)16-15-19(17-9-3-1-4-10-17)18-11-5-2-6-12-18/h1-6,9-12,19-21H,7-8,13-16H2,(H,24,27). The van der Waals surface area contributed by atoms with E-state index in [2.05, 4.69) is 53.8 Å². The Hall–Kier alpha value is -2.20. The highest BCUT2D eigenvalue weighted by molar-refractivity contribution is 7.80. The van der Waals surface area contributed by atoms with Crippen LogP contribution in [0.15, 0.2) is 60.7 Å². The zero-order valence-electron chi connectivity index (χ0n) is 15.5. The van der Waals surface area contributed by atoms with Crippen molar-refractivity contribution >= 4 is 23.2 Å². The summed E-state index contributed by atoms with van der Waals surface area (Å²) in [7, 11) is 0. The SMILES string of the molecule is O=C1C2CCCCC2NC(=S)N1CCC(c1ccccc1)c1ccccc1. The highest BCUT2D eigenvalue weighted by Gasteiger charge is 2.40. The molecule has 1 amide bonds. The molecule has 2 aliphatic rings. The van der Waals surface area contributed by atoms with Crippen molar-refractivity contribution in [3.8, 4) is 0 Å². The van der Waals surface area contributed by atoms with E-state index >= 15 is 0 Å². The number of amides is 1. The first-order valence-electron chi connectivity index (χ1n) is 9.96. The molecule has 2 aromatic carbocycles. The smallest absolute Gasteiger partial charge is 0.233 e. The van der Waals surface area contributed by atoms with Crippen LogP contribution in [0.2, 0.25) is 0 Å². The number of fused-ring (bicyclic) bond motifs is 1. The van der Waals surface area contributed by atoms with Gasteiger partial charge in [0.1, 0.15) is 0 Å². The van der Waals surface area contributed by atoms with Crippen molar-refractivity contribution < 1.29 is 4.79 Å². The van der Waals surface area contributed by atoms with Crippen LogP contribution in [0.3, 0.4) is 0 Å². The van der Waals surface area contributed by atoms with E-state index in [0.29, 0.717) is 11.7 Å². The third kappa shape index (κ3) is 3.91. The number of carbonyl (C=O) groups excluding carboxylic acids is 1. The Kier molecular flexibility index (Phi) is 5.53. The maximum atomic E-state index is 13.1. The predicted molar refractivity (Wildman–Crippen MR) is 113 cm³/mol. The minimum Gasteiger partial charge on any atom is -0.359 e. The Bertz CT molecular complexity index is 753. The fraction of sp³-hybridized carbons (Fsp3) is 0.391. The number of nitrogens with zero attached hydrogens (tertiary/aromatic N) is 1. The third-order valence-electron chi connectivity index (χ3n) is 5.95. The molecule has 1 N–H and O–H groups in total. The van der Waals surface area contributed by atoms with Crippen molar-refractivity contribution in [1.29, 1.82) is 0 Å². The molecule has 140 valence electrons. The Morgan fingerprint density at radius 3 is 2.19 bits per heavy atom. The molecule has 2 unspecified atom stereocenters. The van der Waals surface area contributed by atoms with E-state index in [0.717, 1.165) is 25.7 Å². The normalized spacial score (nSPS) is 22.5. The number of nitrogens with one attached hydrogen (secondary N) is 1. The van der Waals surface area contributed by atoms with Crippen molar-refractivity contribution in [3.63, 3.8) is 0 Å². The topological polar surface area (TPSA) is 32.3 Å². The molecule has 4 rings (SSSR count). The minimum absolute atomic E-state index is 0.0948. The summed E-state index contributed by atoms with van der Waals surface area (Å²) in [5.74, 6) is 0.577. The van der Waals surface area contributed by atoms with Gasteiger partial charge in [-0.25, -0.2) is 0 Å². The van der Waals surface area contributed by atoms with Gasteiger partial charge in [-0.15, -0.1) is 0 Å². The van der Waals surface area contributed by atoms with Crippen LogP contribution in [0.25, 0.3) is 0 Å². The number of benzene rings is 2.